The molecular weight excluding hydrogens is 552 g/mol. The van der Waals surface area contributed by atoms with Gasteiger partial charge in [0.15, 0.2) is 0 Å². The monoisotopic (exact) mass is 586 g/mol. The van der Waals surface area contributed by atoms with E-state index >= 15 is 0 Å². The maximum Gasteiger partial charge on any atom is 0.416 e. The molecule has 42 heavy (non-hydrogen) atoms. The standard InChI is InChI=1S/C30H34F4N6O2/c1-2-14-42-27-18-40(22-4-3-12-39(13-11-22)23-8-6-21(31)7-9-23)17-26(27)38-28(41)16-35-29-24-15-20(30(32,33)34)5-10-25(24)36-19-37-29/h2,5-10,15,19,22,26-27H,1,3-4,11-14,16-18H2,(H,38,41)(H,35,36,37)/t22?,26?,27-/m0/s1. The summed E-state index contributed by atoms with van der Waals surface area (Å²) >= 11 is 0. The zero-order chi connectivity index (χ0) is 29.7. The molecular formula is C30H34F4N6O2. The van der Waals surface area contributed by atoms with Crippen LogP contribution >= 0.6 is 0 Å². The van der Waals surface area contributed by atoms with Gasteiger partial charge in [-0.1, -0.05) is 6.08 Å². The highest BCUT2D eigenvalue weighted by Gasteiger charge is 2.38. The molecule has 0 spiro atoms. The second-order valence-corrected chi connectivity index (χ2v) is 10.6. The number of halogens is 4. The van der Waals surface area contributed by atoms with Crippen LogP contribution in [0, 0.1) is 5.82 Å². The van der Waals surface area contributed by atoms with Crippen molar-refractivity contribution >= 4 is 28.3 Å². The highest BCUT2D eigenvalue weighted by Crippen LogP contribution is 2.32. The van der Waals surface area contributed by atoms with Crippen LogP contribution in [0.15, 0.2) is 61.4 Å². The lowest BCUT2D eigenvalue weighted by molar-refractivity contribution is -0.137. The minimum Gasteiger partial charge on any atom is -0.371 e. The number of carbonyl (C=O) groups is 1. The van der Waals surface area contributed by atoms with E-state index < -0.39 is 11.7 Å². The number of carbonyl (C=O) groups excluding carboxylic acids is 1. The van der Waals surface area contributed by atoms with Crippen LogP contribution in [-0.4, -0.2) is 78.3 Å². The van der Waals surface area contributed by atoms with Gasteiger partial charge < -0.3 is 20.3 Å². The number of fused-ring (bicyclic) bond motifs is 1. The Labute approximate surface area is 241 Å². The van der Waals surface area contributed by atoms with Crippen molar-refractivity contribution in [2.24, 2.45) is 0 Å². The summed E-state index contributed by atoms with van der Waals surface area (Å²) in [5, 5.41) is 6.10. The Morgan fingerprint density at radius 2 is 1.90 bits per heavy atom. The first kappa shape index (κ1) is 29.7. The molecule has 8 nitrogen and oxygen atoms in total. The molecule has 5 rings (SSSR count). The lowest BCUT2D eigenvalue weighted by Crippen LogP contribution is -2.46. The maximum atomic E-state index is 13.4. The van der Waals surface area contributed by atoms with Crippen LogP contribution in [0.3, 0.4) is 0 Å². The van der Waals surface area contributed by atoms with E-state index in [-0.39, 0.29) is 41.6 Å². The third-order valence-electron chi connectivity index (χ3n) is 7.85. The summed E-state index contributed by atoms with van der Waals surface area (Å²) < 4.78 is 59.2. The number of alkyl halides is 3. The van der Waals surface area contributed by atoms with E-state index in [2.05, 4.69) is 37.0 Å². The normalized spacial score (nSPS) is 21.7. The Morgan fingerprint density at radius 3 is 2.67 bits per heavy atom. The minimum absolute atomic E-state index is 0.151. The number of anilines is 2. The molecule has 2 aromatic carbocycles. The quantitative estimate of drug-likeness (QED) is 0.280. The second kappa shape index (κ2) is 13.0. The van der Waals surface area contributed by atoms with Crippen LogP contribution in [0.4, 0.5) is 29.1 Å². The molecule has 0 saturated carbocycles. The maximum absolute atomic E-state index is 13.4. The first-order valence-corrected chi connectivity index (χ1v) is 14.0. The van der Waals surface area contributed by atoms with Crippen molar-refractivity contribution in [2.45, 2.75) is 43.6 Å². The summed E-state index contributed by atoms with van der Waals surface area (Å²) in [4.78, 5) is 25.7. The number of nitrogens with zero attached hydrogens (tertiary/aromatic N) is 4. The van der Waals surface area contributed by atoms with Gasteiger partial charge >= 0.3 is 6.18 Å². The van der Waals surface area contributed by atoms with E-state index in [1.807, 2.05) is 12.1 Å². The van der Waals surface area contributed by atoms with Crippen molar-refractivity contribution in [3.8, 4) is 0 Å². The van der Waals surface area contributed by atoms with Crippen LogP contribution in [0.1, 0.15) is 24.8 Å². The van der Waals surface area contributed by atoms with Gasteiger partial charge in [-0.25, -0.2) is 14.4 Å². The molecule has 3 atom stereocenters. The van der Waals surface area contributed by atoms with Crippen LogP contribution in [-0.2, 0) is 15.7 Å². The molecule has 2 fully saturated rings. The Balaban J connectivity index is 1.20. The molecule has 1 amide bonds. The molecule has 2 N–H and O–H groups in total. The smallest absolute Gasteiger partial charge is 0.371 e. The van der Waals surface area contributed by atoms with Crippen molar-refractivity contribution in [1.82, 2.24) is 20.2 Å². The number of ether oxygens (including phenoxy) is 1. The number of likely N-dealkylation sites (tertiary alicyclic amines) is 1. The van der Waals surface area contributed by atoms with Gasteiger partial charge in [0.25, 0.3) is 0 Å². The van der Waals surface area contributed by atoms with Crippen molar-refractivity contribution < 1.29 is 27.1 Å². The molecule has 0 bridgehead atoms. The van der Waals surface area contributed by atoms with E-state index in [1.54, 1.807) is 6.08 Å². The minimum atomic E-state index is -4.51. The van der Waals surface area contributed by atoms with Gasteiger partial charge in [0, 0.05) is 43.3 Å². The van der Waals surface area contributed by atoms with Crippen LogP contribution in [0.5, 0.6) is 0 Å². The highest BCUT2D eigenvalue weighted by atomic mass is 19.4. The molecule has 2 aliphatic rings. The number of aromatic nitrogens is 2. The third kappa shape index (κ3) is 7.16. The van der Waals surface area contributed by atoms with Gasteiger partial charge in [0.05, 0.1) is 36.4 Å². The van der Waals surface area contributed by atoms with Crippen molar-refractivity contribution in [1.29, 1.82) is 0 Å². The number of rotatable bonds is 9. The SMILES string of the molecule is C=CCO[C@H]1CN(C2CCCN(c3ccc(F)cc3)CC2)CC1NC(=O)CNc1ncnc2ccc(C(F)(F)F)cc12. The van der Waals surface area contributed by atoms with Crippen LogP contribution in [0.2, 0.25) is 0 Å². The zero-order valence-corrected chi connectivity index (χ0v) is 23.1. The van der Waals surface area contributed by atoms with Crippen LogP contribution < -0.4 is 15.5 Å². The summed E-state index contributed by atoms with van der Waals surface area (Å²) in [6.45, 7) is 6.90. The summed E-state index contributed by atoms with van der Waals surface area (Å²) in [7, 11) is 0. The van der Waals surface area contributed by atoms with Gasteiger partial charge in [0.2, 0.25) is 5.91 Å². The molecule has 3 heterocycles. The first-order valence-electron chi connectivity index (χ1n) is 14.0. The summed E-state index contributed by atoms with van der Waals surface area (Å²) in [5.41, 5.74) is 0.533. The zero-order valence-electron chi connectivity index (χ0n) is 23.1. The molecule has 3 aromatic rings. The molecule has 224 valence electrons. The summed E-state index contributed by atoms with van der Waals surface area (Å²) in [6.07, 6.45) is 1.07. The average molecular weight is 587 g/mol. The largest absolute Gasteiger partial charge is 0.416 e. The first-order chi connectivity index (χ1) is 20.2. The van der Waals surface area contributed by atoms with Gasteiger partial charge in [-0.2, -0.15) is 13.2 Å². The van der Waals surface area contributed by atoms with Crippen molar-refractivity contribution in [3.05, 3.63) is 72.8 Å². The Hall–Kier alpha value is -3.77. The lowest BCUT2D eigenvalue weighted by atomic mass is 10.1. The van der Waals surface area contributed by atoms with E-state index in [0.717, 1.165) is 50.2 Å². The Morgan fingerprint density at radius 1 is 1.10 bits per heavy atom. The molecule has 12 heteroatoms. The third-order valence-corrected chi connectivity index (χ3v) is 7.85. The molecule has 2 saturated heterocycles. The predicted octanol–water partition coefficient (Wildman–Crippen LogP) is 4.63. The summed E-state index contributed by atoms with van der Waals surface area (Å²) in [5.74, 6) is -0.424. The fourth-order valence-electron chi connectivity index (χ4n) is 5.75. The number of benzene rings is 2. The highest BCUT2D eigenvalue weighted by molar-refractivity contribution is 5.91. The van der Waals surface area contributed by atoms with Gasteiger partial charge in [0.1, 0.15) is 18.0 Å². The number of hydrogen-bond donors (Lipinski definition) is 2. The predicted molar refractivity (Wildman–Crippen MR) is 153 cm³/mol. The molecule has 2 unspecified atom stereocenters. The van der Waals surface area contributed by atoms with Gasteiger partial charge in [-0.15, -0.1) is 6.58 Å². The van der Waals surface area contributed by atoms with E-state index in [4.69, 9.17) is 4.74 Å². The number of hydrogen-bond acceptors (Lipinski definition) is 7. The second-order valence-electron chi connectivity index (χ2n) is 10.6. The fourth-order valence-corrected chi connectivity index (χ4v) is 5.75. The molecule has 1 aromatic heterocycles. The Bertz CT molecular complexity index is 1390. The fraction of sp³-hybridized carbons (Fsp3) is 0.433. The van der Waals surface area contributed by atoms with Gasteiger partial charge in [-0.3, -0.25) is 9.69 Å². The topological polar surface area (TPSA) is 82.6 Å². The molecule has 2 aliphatic heterocycles. The van der Waals surface area contributed by atoms with Crippen molar-refractivity contribution in [3.63, 3.8) is 0 Å². The lowest BCUT2D eigenvalue weighted by Gasteiger charge is -2.27. The summed E-state index contributed by atoms with van der Waals surface area (Å²) in [6, 6.07) is 9.85. The molecule has 0 radical (unpaired) electrons. The van der Waals surface area contributed by atoms with E-state index in [9.17, 15) is 22.4 Å². The van der Waals surface area contributed by atoms with E-state index in [1.165, 1.54) is 24.5 Å². The average Bonchev–Trinajstić information content (AvgIpc) is 3.19. The van der Waals surface area contributed by atoms with E-state index in [0.29, 0.717) is 31.3 Å². The van der Waals surface area contributed by atoms with Gasteiger partial charge in [-0.05, 0) is 61.7 Å². The number of amides is 1. The van der Waals surface area contributed by atoms with Crippen molar-refractivity contribution in [2.75, 3.05) is 49.5 Å². The number of nitrogens with one attached hydrogen (secondary N) is 2. The molecule has 0 aliphatic carbocycles. The van der Waals surface area contributed by atoms with Crippen LogP contribution in [0.25, 0.3) is 10.9 Å². The Kier molecular flexibility index (Phi) is 9.22.